The second kappa shape index (κ2) is 4.61. The molecule has 0 aliphatic carbocycles. The molecule has 3 nitrogen and oxygen atoms in total. The van der Waals surface area contributed by atoms with Crippen LogP contribution in [0.1, 0.15) is 21.3 Å². The van der Waals surface area contributed by atoms with Gasteiger partial charge in [0.1, 0.15) is 5.82 Å². The van der Waals surface area contributed by atoms with Crippen molar-refractivity contribution in [2.24, 2.45) is 0 Å². The summed E-state index contributed by atoms with van der Waals surface area (Å²) in [5.74, 6) is 0.922. The van der Waals surface area contributed by atoms with Crippen LogP contribution in [0.4, 0.5) is 5.82 Å². The van der Waals surface area contributed by atoms with Gasteiger partial charge in [-0.3, -0.25) is 0 Å². The summed E-state index contributed by atoms with van der Waals surface area (Å²) >= 11 is 1.74. The van der Waals surface area contributed by atoms with Crippen molar-refractivity contribution in [3.05, 3.63) is 39.5 Å². The Morgan fingerprint density at radius 3 is 2.62 bits per heavy atom. The zero-order valence-corrected chi connectivity index (χ0v) is 10.6. The van der Waals surface area contributed by atoms with Gasteiger partial charge in [0.25, 0.3) is 0 Å². The highest BCUT2D eigenvalue weighted by atomic mass is 32.1. The smallest absolute Gasteiger partial charge is 0.126 e. The molecule has 0 aliphatic heterocycles. The van der Waals surface area contributed by atoms with Crippen molar-refractivity contribution in [1.82, 2.24) is 9.97 Å². The molecular formula is C12H15N3S. The van der Waals surface area contributed by atoms with E-state index in [2.05, 4.69) is 15.3 Å². The lowest BCUT2D eigenvalue weighted by Crippen LogP contribution is -2.01. The maximum absolute atomic E-state index is 4.40. The average molecular weight is 233 g/mol. The molecule has 1 N–H and O–H groups in total. The van der Waals surface area contributed by atoms with Crippen molar-refractivity contribution in [2.75, 3.05) is 5.32 Å². The maximum Gasteiger partial charge on any atom is 0.126 e. The predicted molar refractivity (Wildman–Crippen MR) is 67.9 cm³/mol. The molecule has 0 unspecified atom stereocenters. The minimum atomic E-state index is 0.799. The molecule has 0 spiro atoms. The number of nitrogens with one attached hydrogen (secondary N) is 1. The first-order valence-electron chi connectivity index (χ1n) is 5.25. The van der Waals surface area contributed by atoms with Crippen molar-refractivity contribution < 1.29 is 0 Å². The number of rotatable bonds is 3. The Morgan fingerprint density at radius 1 is 1.19 bits per heavy atom. The standard InChI is InChI=1S/C12H15N3S/c1-8-5-4-6-12(14-8)13-7-11-9(2)15-10(3)16-11/h4-6H,7H2,1-3H3,(H,13,14). The zero-order chi connectivity index (χ0) is 11.5. The Bertz CT molecular complexity index is 491. The molecule has 2 aromatic heterocycles. The highest BCUT2D eigenvalue weighted by Crippen LogP contribution is 2.18. The van der Waals surface area contributed by atoms with Crippen LogP contribution < -0.4 is 5.32 Å². The summed E-state index contributed by atoms with van der Waals surface area (Å²) in [5.41, 5.74) is 2.14. The van der Waals surface area contributed by atoms with Crippen LogP contribution in [-0.2, 0) is 6.54 Å². The molecule has 0 aliphatic rings. The van der Waals surface area contributed by atoms with E-state index < -0.39 is 0 Å². The first-order chi connectivity index (χ1) is 7.65. The first-order valence-corrected chi connectivity index (χ1v) is 6.07. The SMILES string of the molecule is Cc1cccc(NCc2sc(C)nc2C)n1. The van der Waals surface area contributed by atoms with E-state index in [-0.39, 0.29) is 0 Å². The third-order valence-electron chi connectivity index (χ3n) is 2.32. The first kappa shape index (κ1) is 11.1. The second-order valence-corrected chi connectivity index (χ2v) is 5.05. The van der Waals surface area contributed by atoms with Gasteiger partial charge in [0.2, 0.25) is 0 Å². The van der Waals surface area contributed by atoms with Crippen LogP contribution in [-0.4, -0.2) is 9.97 Å². The number of hydrogen-bond acceptors (Lipinski definition) is 4. The van der Waals surface area contributed by atoms with Gasteiger partial charge in [0.15, 0.2) is 0 Å². The van der Waals surface area contributed by atoms with E-state index in [1.165, 1.54) is 4.88 Å². The quantitative estimate of drug-likeness (QED) is 0.885. The molecule has 0 radical (unpaired) electrons. The van der Waals surface area contributed by atoms with Crippen molar-refractivity contribution in [1.29, 1.82) is 0 Å². The van der Waals surface area contributed by atoms with Gasteiger partial charge in [-0.05, 0) is 32.9 Å². The molecule has 2 rings (SSSR count). The Labute approximate surface area is 99.6 Å². The normalized spacial score (nSPS) is 10.4. The number of nitrogens with zero attached hydrogens (tertiary/aromatic N) is 2. The van der Waals surface area contributed by atoms with Crippen LogP contribution in [0.2, 0.25) is 0 Å². The maximum atomic E-state index is 4.40. The molecule has 0 amide bonds. The van der Waals surface area contributed by atoms with Gasteiger partial charge in [-0.25, -0.2) is 9.97 Å². The molecule has 2 aromatic rings. The Balaban J connectivity index is 2.05. The van der Waals surface area contributed by atoms with Crippen LogP contribution in [0.3, 0.4) is 0 Å². The lowest BCUT2D eigenvalue weighted by Gasteiger charge is -2.04. The summed E-state index contributed by atoms with van der Waals surface area (Å²) in [4.78, 5) is 10.1. The molecule has 0 atom stereocenters. The fourth-order valence-corrected chi connectivity index (χ4v) is 2.43. The third-order valence-corrected chi connectivity index (χ3v) is 3.39. The van der Waals surface area contributed by atoms with E-state index in [1.54, 1.807) is 11.3 Å². The summed E-state index contributed by atoms with van der Waals surface area (Å²) in [7, 11) is 0. The number of pyridine rings is 1. The minimum Gasteiger partial charge on any atom is -0.365 e. The van der Waals surface area contributed by atoms with E-state index in [0.717, 1.165) is 28.8 Å². The van der Waals surface area contributed by atoms with Crippen molar-refractivity contribution >= 4 is 17.2 Å². The molecule has 0 fully saturated rings. The average Bonchev–Trinajstić information content (AvgIpc) is 2.54. The summed E-state index contributed by atoms with van der Waals surface area (Å²) in [5, 5.41) is 4.43. The molecule has 0 saturated carbocycles. The number of aryl methyl sites for hydroxylation is 3. The van der Waals surface area contributed by atoms with E-state index in [4.69, 9.17) is 0 Å². The van der Waals surface area contributed by atoms with Crippen LogP contribution in [0, 0.1) is 20.8 Å². The molecule has 0 aromatic carbocycles. The second-order valence-electron chi connectivity index (χ2n) is 3.76. The predicted octanol–water partition coefficient (Wildman–Crippen LogP) is 3.08. The summed E-state index contributed by atoms with van der Waals surface area (Å²) in [6, 6.07) is 5.99. The van der Waals surface area contributed by atoms with Crippen LogP contribution in [0.25, 0.3) is 0 Å². The Hall–Kier alpha value is -1.42. The van der Waals surface area contributed by atoms with Crippen molar-refractivity contribution in [3.8, 4) is 0 Å². The van der Waals surface area contributed by atoms with E-state index >= 15 is 0 Å². The summed E-state index contributed by atoms with van der Waals surface area (Å²) in [6.45, 7) is 6.87. The molecule has 16 heavy (non-hydrogen) atoms. The monoisotopic (exact) mass is 233 g/mol. The number of thiazole rings is 1. The number of hydrogen-bond donors (Lipinski definition) is 1. The van der Waals surface area contributed by atoms with Crippen LogP contribution in [0.5, 0.6) is 0 Å². The van der Waals surface area contributed by atoms with Gasteiger partial charge in [0, 0.05) is 10.6 Å². The van der Waals surface area contributed by atoms with Crippen molar-refractivity contribution in [2.45, 2.75) is 27.3 Å². The Kier molecular flexibility index (Phi) is 3.19. The number of anilines is 1. The third kappa shape index (κ3) is 2.58. The summed E-state index contributed by atoms with van der Waals surface area (Å²) < 4.78 is 0. The fraction of sp³-hybridized carbons (Fsp3) is 0.333. The van der Waals surface area contributed by atoms with Gasteiger partial charge >= 0.3 is 0 Å². The van der Waals surface area contributed by atoms with Crippen LogP contribution in [0.15, 0.2) is 18.2 Å². The lowest BCUT2D eigenvalue weighted by molar-refractivity contribution is 1.07. The minimum absolute atomic E-state index is 0.799. The fourth-order valence-electron chi connectivity index (χ4n) is 1.55. The molecule has 84 valence electrons. The van der Waals surface area contributed by atoms with E-state index in [0.29, 0.717) is 0 Å². The van der Waals surface area contributed by atoms with Crippen molar-refractivity contribution in [3.63, 3.8) is 0 Å². The number of aromatic nitrogens is 2. The molecule has 4 heteroatoms. The highest BCUT2D eigenvalue weighted by Gasteiger charge is 2.04. The summed E-state index contributed by atoms with van der Waals surface area (Å²) in [6.07, 6.45) is 0. The molecular weight excluding hydrogens is 218 g/mol. The molecule has 2 heterocycles. The highest BCUT2D eigenvalue weighted by molar-refractivity contribution is 7.11. The van der Waals surface area contributed by atoms with Gasteiger partial charge in [-0.1, -0.05) is 6.07 Å². The lowest BCUT2D eigenvalue weighted by atomic mass is 10.3. The molecule has 0 saturated heterocycles. The van der Waals surface area contributed by atoms with E-state index in [9.17, 15) is 0 Å². The largest absolute Gasteiger partial charge is 0.365 e. The van der Waals surface area contributed by atoms with Gasteiger partial charge in [-0.2, -0.15) is 0 Å². The topological polar surface area (TPSA) is 37.8 Å². The van der Waals surface area contributed by atoms with E-state index in [1.807, 2.05) is 39.0 Å². The Morgan fingerprint density at radius 2 is 2.00 bits per heavy atom. The zero-order valence-electron chi connectivity index (χ0n) is 9.74. The van der Waals surface area contributed by atoms with Gasteiger partial charge < -0.3 is 5.32 Å². The molecule has 0 bridgehead atoms. The van der Waals surface area contributed by atoms with Gasteiger partial charge in [0.05, 0.1) is 17.2 Å². The van der Waals surface area contributed by atoms with Crippen LogP contribution >= 0.6 is 11.3 Å². The van der Waals surface area contributed by atoms with Gasteiger partial charge in [-0.15, -0.1) is 11.3 Å².